The molecular weight excluding hydrogens is 204 g/mol. The number of rotatable bonds is 1. The predicted molar refractivity (Wildman–Crippen MR) is 64.5 cm³/mol. The van der Waals surface area contributed by atoms with Gasteiger partial charge >= 0.3 is 0 Å². The van der Waals surface area contributed by atoms with Crippen LogP contribution in [0.15, 0.2) is 11.0 Å². The van der Waals surface area contributed by atoms with Crippen molar-refractivity contribution in [3.8, 4) is 0 Å². The van der Waals surface area contributed by atoms with Crippen molar-refractivity contribution >= 4 is 17.0 Å². The Bertz CT molecular complexity index is 606. The van der Waals surface area contributed by atoms with E-state index in [0.29, 0.717) is 17.0 Å². The maximum atomic E-state index is 12.1. The van der Waals surface area contributed by atoms with Gasteiger partial charge in [-0.2, -0.15) is 4.98 Å². The van der Waals surface area contributed by atoms with Crippen LogP contribution in [0.2, 0.25) is 0 Å². The third kappa shape index (κ3) is 1.31. The van der Waals surface area contributed by atoms with Crippen molar-refractivity contribution in [2.45, 2.75) is 19.8 Å². The molecule has 0 bridgehead atoms. The smallest absolute Gasteiger partial charge is 0.264 e. The van der Waals surface area contributed by atoms with Crippen LogP contribution in [0.5, 0.6) is 0 Å². The van der Waals surface area contributed by atoms with E-state index in [1.807, 2.05) is 17.8 Å². The molecule has 86 valence electrons. The van der Waals surface area contributed by atoms with E-state index in [2.05, 4.69) is 18.8 Å². The van der Waals surface area contributed by atoms with Crippen LogP contribution in [-0.2, 0) is 14.1 Å². The normalized spacial score (nSPS) is 11.6. The van der Waals surface area contributed by atoms with Crippen molar-refractivity contribution in [3.05, 3.63) is 22.1 Å². The number of aromatic nitrogens is 3. The molecule has 0 fully saturated rings. The van der Waals surface area contributed by atoms with Gasteiger partial charge in [0.05, 0.1) is 5.39 Å². The molecule has 2 aromatic heterocycles. The summed E-state index contributed by atoms with van der Waals surface area (Å²) in [4.78, 5) is 16.4. The van der Waals surface area contributed by atoms with E-state index in [-0.39, 0.29) is 11.5 Å². The Kier molecular flexibility index (Phi) is 2.26. The summed E-state index contributed by atoms with van der Waals surface area (Å²) < 4.78 is 3.23. The number of nitrogens with zero attached hydrogens (tertiary/aromatic N) is 3. The molecule has 2 heterocycles. The van der Waals surface area contributed by atoms with Gasteiger partial charge in [0, 0.05) is 20.3 Å². The fraction of sp³-hybridized carbons (Fsp3) is 0.455. The summed E-state index contributed by atoms with van der Waals surface area (Å²) in [6.07, 6.45) is 1.95. The standard InChI is InChI=1S/C11H16N4O/c1-6(2)7-5-14(3)9-8(7)10(16)15(4)11(12)13-9/h5-6H,1-4H3,(H2,12,13). The number of nitrogen functional groups attached to an aromatic ring is 1. The van der Waals surface area contributed by atoms with Crippen molar-refractivity contribution < 1.29 is 0 Å². The monoisotopic (exact) mass is 220 g/mol. The molecule has 0 unspecified atom stereocenters. The van der Waals surface area contributed by atoms with Gasteiger partial charge in [-0.1, -0.05) is 13.8 Å². The van der Waals surface area contributed by atoms with Gasteiger partial charge < -0.3 is 10.3 Å². The van der Waals surface area contributed by atoms with E-state index in [9.17, 15) is 4.79 Å². The molecule has 16 heavy (non-hydrogen) atoms. The maximum absolute atomic E-state index is 12.1. The second kappa shape index (κ2) is 3.37. The van der Waals surface area contributed by atoms with E-state index >= 15 is 0 Å². The van der Waals surface area contributed by atoms with Crippen LogP contribution in [-0.4, -0.2) is 14.1 Å². The quantitative estimate of drug-likeness (QED) is 0.779. The zero-order valence-corrected chi connectivity index (χ0v) is 9.98. The van der Waals surface area contributed by atoms with Crippen molar-refractivity contribution in [1.82, 2.24) is 14.1 Å². The summed E-state index contributed by atoms with van der Waals surface area (Å²) in [6, 6.07) is 0. The Hall–Kier alpha value is -1.78. The molecule has 0 saturated carbocycles. The first-order chi connectivity index (χ1) is 7.43. The molecule has 0 atom stereocenters. The van der Waals surface area contributed by atoms with Gasteiger partial charge in [0.25, 0.3) is 5.56 Å². The van der Waals surface area contributed by atoms with Crippen LogP contribution in [0, 0.1) is 0 Å². The largest absolute Gasteiger partial charge is 0.369 e. The Balaban J connectivity index is 3.00. The molecule has 5 heteroatoms. The Labute approximate surface area is 93.5 Å². The molecule has 0 aliphatic rings. The average molecular weight is 220 g/mol. The minimum atomic E-state index is -0.0770. The Morgan fingerprint density at radius 2 is 2.00 bits per heavy atom. The van der Waals surface area contributed by atoms with E-state index in [0.717, 1.165) is 5.56 Å². The number of hydrogen-bond acceptors (Lipinski definition) is 3. The molecule has 0 radical (unpaired) electrons. The second-order valence-electron chi connectivity index (χ2n) is 4.38. The predicted octanol–water partition coefficient (Wildman–Crippen LogP) is 0.978. The lowest BCUT2D eigenvalue weighted by molar-refractivity contribution is 0.847. The van der Waals surface area contributed by atoms with Crippen LogP contribution >= 0.6 is 0 Å². The topological polar surface area (TPSA) is 65.8 Å². The summed E-state index contributed by atoms with van der Waals surface area (Å²) >= 11 is 0. The summed E-state index contributed by atoms with van der Waals surface area (Å²) in [5.41, 5.74) is 7.28. The van der Waals surface area contributed by atoms with Gasteiger partial charge in [-0.15, -0.1) is 0 Å². The van der Waals surface area contributed by atoms with Gasteiger partial charge in [0.1, 0.15) is 5.65 Å². The van der Waals surface area contributed by atoms with E-state index in [1.165, 1.54) is 4.57 Å². The number of aryl methyl sites for hydroxylation is 1. The third-order valence-corrected chi connectivity index (χ3v) is 2.88. The molecule has 0 aliphatic heterocycles. The van der Waals surface area contributed by atoms with Crippen molar-refractivity contribution in [2.24, 2.45) is 14.1 Å². The van der Waals surface area contributed by atoms with Crippen molar-refractivity contribution in [3.63, 3.8) is 0 Å². The summed E-state index contributed by atoms with van der Waals surface area (Å²) in [5.74, 6) is 0.538. The van der Waals surface area contributed by atoms with Crippen LogP contribution in [0.4, 0.5) is 5.95 Å². The Morgan fingerprint density at radius 3 is 2.56 bits per heavy atom. The highest BCUT2D eigenvalue weighted by molar-refractivity contribution is 5.81. The minimum absolute atomic E-state index is 0.0770. The first-order valence-corrected chi connectivity index (χ1v) is 5.25. The lowest BCUT2D eigenvalue weighted by Crippen LogP contribution is -2.22. The number of nitrogens with two attached hydrogens (primary N) is 1. The Morgan fingerprint density at radius 1 is 1.38 bits per heavy atom. The zero-order valence-electron chi connectivity index (χ0n) is 9.98. The van der Waals surface area contributed by atoms with Crippen molar-refractivity contribution in [2.75, 3.05) is 5.73 Å². The van der Waals surface area contributed by atoms with Crippen LogP contribution in [0.3, 0.4) is 0 Å². The first kappa shape index (κ1) is 10.7. The van der Waals surface area contributed by atoms with E-state index in [4.69, 9.17) is 5.73 Å². The highest BCUT2D eigenvalue weighted by atomic mass is 16.1. The summed E-state index contributed by atoms with van der Waals surface area (Å²) in [7, 11) is 3.52. The van der Waals surface area contributed by atoms with Gasteiger partial charge in [0.2, 0.25) is 5.95 Å². The summed E-state index contributed by atoms with van der Waals surface area (Å²) in [6.45, 7) is 4.12. The molecule has 0 aliphatic carbocycles. The van der Waals surface area contributed by atoms with Crippen LogP contribution in [0.25, 0.3) is 11.0 Å². The number of fused-ring (bicyclic) bond motifs is 1. The number of hydrogen-bond donors (Lipinski definition) is 1. The third-order valence-electron chi connectivity index (χ3n) is 2.88. The molecule has 0 spiro atoms. The van der Waals surface area contributed by atoms with E-state index in [1.54, 1.807) is 7.05 Å². The summed E-state index contributed by atoms with van der Waals surface area (Å²) in [5, 5.41) is 0.675. The van der Waals surface area contributed by atoms with E-state index < -0.39 is 0 Å². The first-order valence-electron chi connectivity index (χ1n) is 5.25. The van der Waals surface area contributed by atoms with Gasteiger partial charge in [-0.05, 0) is 11.5 Å². The molecule has 5 nitrogen and oxygen atoms in total. The molecule has 2 rings (SSSR count). The fourth-order valence-electron chi connectivity index (χ4n) is 1.89. The number of anilines is 1. The SMILES string of the molecule is CC(C)c1cn(C)c2nc(N)n(C)c(=O)c12. The van der Waals surface area contributed by atoms with Gasteiger partial charge in [-0.3, -0.25) is 9.36 Å². The van der Waals surface area contributed by atoms with Gasteiger partial charge in [0.15, 0.2) is 0 Å². The van der Waals surface area contributed by atoms with Crippen LogP contribution in [0.1, 0.15) is 25.3 Å². The minimum Gasteiger partial charge on any atom is -0.369 e. The molecule has 2 aromatic rings. The highest BCUT2D eigenvalue weighted by Gasteiger charge is 2.16. The second-order valence-corrected chi connectivity index (χ2v) is 4.38. The molecule has 0 aromatic carbocycles. The van der Waals surface area contributed by atoms with Crippen molar-refractivity contribution in [1.29, 1.82) is 0 Å². The van der Waals surface area contributed by atoms with Gasteiger partial charge in [-0.25, -0.2) is 0 Å². The fourth-order valence-corrected chi connectivity index (χ4v) is 1.89. The zero-order chi connectivity index (χ0) is 12.0. The molecule has 0 amide bonds. The lowest BCUT2D eigenvalue weighted by atomic mass is 10.0. The molecular formula is C11H16N4O. The molecule has 2 N–H and O–H groups in total. The highest BCUT2D eigenvalue weighted by Crippen LogP contribution is 2.23. The average Bonchev–Trinajstić information content (AvgIpc) is 2.53. The molecule has 0 saturated heterocycles. The van der Waals surface area contributed by atoms with Crippen LogP contribution < -0.4 is 11.3 Å². The maximum Gasteiger partial charge on any atom is 0.264 e. The lowest BCUT2D eigenvalue weighted by Gasteiger charge is -2.05.